The first-order valence-electron chi connectivity index (χ1n) is 11.8. The standard InChI is InChI=1S/C25H28N6O5S/c32-23(33)17-22(30-37(35,36)21-8-2-1-3-9-21)29-24(34)18-6-4-7-20(16-18)31-14-10-19(11-15-31)28-25-26-12-5-13-27-25/h1-9,12-13,16,19,22,30H,10-11,14-15,17H2,(H,29,34)(H,32,33)(H,26,27,28). The topological polar surface area (TPSA) is 154 Å². The number of carboxylic acids is 1. The van der Waals surface area contributed by atoms with E-state index in [1.54, 1.807) is 54.9 Å². The van der Waals surface area contributed by atoms with Gasteiger partial charge in [-0.2, -0.15) is 4.72 Å². The average molecular weight is 525 g/mol. The molecule has 1 amide bonds. The van der Waals surface area contributed by atoms with Crippen LogP contribution in [0.15, 0.2) is 78.0 Å². The molecule has 1 fully saturated rings. The lowest BCUT2D eigenvalue weighted by Gasteiger charge is -2.34. The lowest BCUT2D eigenvalue weighted by molar-refractivity contribution is -0.137. The number of aliphatic carboxylic acids is 1. The molecule has 4 N–H and O–H groups in total. The molecule has 4 rings (SSSR count). The predicted molar refractivity (Wildman–Crippen MR) is 138 cm³/mol. The number of aromatic nitrogens is 2. The number of sulfonamides is 1. The third-order valence-corrected chi connectivity index (χ3v) is 7.39. The van der Waals surface area contributed by atoms with E-state index < -0.39 is 34.5 Å². The largest absolute Gasteiger partial charge is 0.481 e. The molecule has 0 aliphatic carbocycles. The van der Waals surface area contributed by atoms with Crippen LogP contribution in [0.25, 0.3) is 0 Å². The predicted octanol–water partition coefficient (Wildman–Crippen LogP) is 2.07. The van der Waals surface area contributed by atoms with Crippen LogP contribution in [0, 0.1) is 0 Å². The molecule has 2 heterocycles. The lowest BCUT2D eigenvalue weighted by Crippen LogP contribution is -2.49. The monoisotopic (exact) mass is 524 g/mol. The average Bonchev–Trinajstić information content (AvgIpc) is 2.90. The minimum atomic E-state index is -4.04. The van der Waals surface area contributed by atoms with Crippen molar-refractivity contribution < 1.29 is 23.1 Å². The Balaban J connectivity index is 1.39. The highest BCUT2D eigenvalue weighted by Crippen LogP contribution is 2.22. The van der Waals surface area contributed by atoms with E-state index in [-0.39, 0.29) is 10.9 Å². The van der Waals surface area contributed by atoms with Crippen LogP contribution >= 0.6 is 0 Å². The summed E-state index contributed by atoms with van der Waals surface area (Å²) in [7, 11) is -4.04. The summed E-state index contributed by atoms with van der Waals surface area (Å²) < 4.78 is 27.6. The summed E-state index contributed by atoms with van der Waals surface area (Å²) in [4.78, 5) is 34.8. The quantitative estimate of drug-likeness (QED) is 0.292. The van der Waals surface area contributed by atoms with Gasteiger partial charge >= 0.3 is 5.97 Å². The van der Waals surface area contributed by atoms with Crippen molar-refractivity contribution in [3.8, 4) is 0 Å². The van der Waals surface area contributed by atoms with Gasteiger partial charge < -0.3 is 20.6 Å². The van der Waals surface area contributed by atoms with Gasteiger partial charge in [-0.1, -0.05) is 24.3 Å². The normalized spacial score (nSPS) is 15.1. The molecule has 12 heteroatoms. The zero-order valence-corrected chi connectivity index (χ0v) is 20.8. The number of anilines is 2. The third kappa shape index (κ3) is 7.24. The van der Waals surface area contributed by atoms with E-state index in [9.17, 15) is 23.1 Å². The van der Waals surface area contributed by atoms with Crippen LogP contribution in [0.4, 0.5) is 11.6 Å². The van der Waals surface area contributed by atoms with Crippen molar-refractivity contribution in [1.29, 1.82) is 0 Å². The zero-order chi connectivity index (χ0) is 26.3. The van der Waals surface area contributed by atoms with Gasteiger partial charge in [0.25, 0.3) is 5.91 Å². The molecule has 11 nitrogen and oxygen atoms in total. The number of amides is 1. The van der Waals surface area contributed by atoms with Crippen LogP contribution < -0.4 is 20.3 Å². The molecule has 0 radical (unpaired) electrons. The van der Waals surface area contributed by atoms with Crippen LogP contribution in [-0.4, -0.2) is 60.7 Å². The van der Waals surface area contributed by atoms with Gasteiger partial charge in [-0.15, -0.1) is 0 Å². The van der Waals surface area contributed by atoms with Gasteiger partial charge in [-0.25, -0.2) is 18.4 Å². The molecular weight excluding hydrogens is 496 g/mol. The minimum Gasteiger partial charge on any atom is -0.481 e. The second-order valence-corrected chi connectivity index (χ2v) is 10.3. The summed E-state index contributed by atoms with van der Waals surface area (Å²) in [5, 5.41) is 15.1. The lowest BCUT2D eigenvalue weighted by atomic mass is 10.0. The summed E-state index contributed by atoms with van der Waals surface area (Å²) in [5.41, 5.74) is 1.14. The van der Waals surface area contributed by atoms with Crippen molar-refractivity contribution >= 4 is 33.5 Å². The van der Waals surface area contributed by atoms with Crippen LogP contribution in [0.5, 0.6) is 0 Å². The number of carbonyl (C=O) groups is 2. The molecule has 37 heavy (non-hydrogen) atoms. The SMILES string of the molecule is O=C(O)CC(NC(=O)c1cccc(N2CCC(Nc3ncccn3)CC2)c1)NS(=O)(=O)c1ccccc1. The van der Waals surface area contributed by atoms with E-state index >= 15 is 0 Å². The minimum absolute atomic E-state index is 0.0293. The van der Waals surface area contributed by atoms with Gasteiger partial charge in [0.15, 0.2) is 0 Å². The highest BCUT2D eigenvalue weighted by molar-refractivity contribution is 7.89. The molecule has 1 saturated heterocycles. The number of piperidine rings is 1. The molecule has 0 spiro atoms. The molecule has 1 aromatic heterocycles. The van der Waals surface area contributed by atoms with E-state index in [4.69, 9.17) is 0 Å². The van der Waals surface area contributed by atoms with Gasteiger partial charge in [0, 0.05) is 42.8 Å². The number of carbonyl (C=O) groups excluding carboxylic acids is 1. The number of carboxylic acid groups (broad SMARTS) is 1. The third-order valence-electron chi connectivity index (χ3n) is 5.90. The molecule has 3 aromatic rings. The molecule has 0 bridgehead atoms. The number of rotatable bonds is 10. The molecule has 1 aliphatic rings. The maximum atomic E-state index is 13.0. The van der Waals surface area contributed by atoms with Crippen LogP contribution in [0.1, 0.15) is 29.6 Å². The van der Waals surface area contributed by atoms with Crippen LogP contribution in [0.3, 0.4) is 0 Å². The Kier molecular flexibility index (Phi) is 8.31. The van der Waals surface area contributed by atoms with Crippen LogP contribution in [-0.2, 0) is 14.8 Å². The fourth-order valence-corrected chi connectivity index (χ4v) is 5.24. The van der Waals surface area contributed by atoms with Gasteiger partial charge in [-0.3, -0.25) is 9.59 Å². The maximum absolute atomic E-state index is 13.0. The second kappa shape index (κ2) is 11.8. The Morgan fingerprint density at radius 3 is 2.38 bits per heavy atom. The van der Waals surface area contributed by atoms with E-state index in [0.717, 1.165) is 31.6 Å². The zero-order valence-electron chi connectivity index (χ0n) is 19.9. The molecular formula is C25H28N6O5S. The Labute approximate surface area is 215 Å². The maximum Gasteiger partial charge on any atom is 0.306 e. The van der Waals surface area contributed by atoms with Crippen molar-refractivity contribution in [3.63, 3.8) is 0 Å². The fraction of sp³-hybridized carbons (Fsp3) is 0.280. The number of nitrogens with one attached hydrogen (secondary N) is 3. The molecule has 194 valence electrons. The first-order chi connectivity index (χ1) is 17.8. The second-order valence-electron chi connectivity index (χ2n) is 8.59. The van der Waals surface area contributed by atoms with Gasteiger partial charge in [0.05, 0.1) is 11.3 Å². The Morgan fingerprint density at radius 2 is 1.70 bits per heavy atom. The number of hydrogen-bond donors (Lipinski definition) is 4. The van der Waals surface area contributed by atoms with Crippen molar-refractivity contribution in [2.75, 3.05) is 23.3 Å². The van der Waals surface area contributed by atoms with E-state index in [1.807, 2.05) is 6.07 Å². The summed E-state index contributed by atoms with van der Waals surface area (Å²) in [5.74, 6) is -1.24. The summed E-state index contributed by atoms with van der Waals surface area (Å²) >= 11 is 0. The summed E-state index contributed by atoms with van der Waals surface area (Å²) in [6.07, 6.45) is 3.14. The van der Waals surface area contributed by atoms with Crippen molar-refractivity contribution in [2.24, 2.45) is 0 Å². The summed E-state index contributed by atoms with van der Waals surface area (Å²) in [6, 6.07) is 16.5. The van der Waals surface area contributed by atoms with Gasteiger partial charge in [0.1, 0.15) is 6.17 Å². The first-order valence-corrected chi connectivity index (χ1v) is 13.3. The fourth-order valence-electron chi connectivity index (χ4n) is 4.08. The number of hydrogen-bond acceptors (Lipinski definition) is 8. The van der Waals surface area contributed by atoms with E-state index in [2.05, 4.69) is 30.2 Å². The van der Waals surface area contributed by atoms with Crippen molar-refractivity contribution in [3.05, 3.63) is 78.6 Å². The van der Waals surface area contributed by atoms with Crippen molar-refractivity contribution in [1.82, 2.24) is 20.0 Å². The van der Waals surface area contributed by atoms with Crippen molar-refractivity contribution in [2.45, 2.75) is 36.4 Å². The highest BCUT2D eigenvalue weighted by atomic mass is 32.2. The molecule has 0 saturated carbocycles. The van der Waals surface area contributed by atoms with E-state index in [1.165, 1.54) is 12.1 Å². The Hall–Kier alpha value is -4.03. The van der Waals surface area contributed by atoms with Gasteiger partial charge in [0.2, 0.25) is 16.0 Å². The van der Waals surface area contributed by atoms with Crippen LogP contribution in [0.2, 0.25) is 0 Å². The Bertz CT molecular complexity index is 1320. The first kappa shape index (κ1) is 26.0. The molecule has 1 unspecified atom stereocenters. The number of benzene rings is 2. The smallest absolute Gasteiger partial charge is 0.306 e. The van der Waals surface area contributed by atoms with Gasteiger partial charge in [-0.05, 0) is 49.2 Å². The molecule has 2 aromatic carbocycles. The summed E-state index contributed by atoms with van der Waals surface area (Å²) in [6.45, 7) is 1.52. The Morgan fingerprint density at radius 1 is 1.00 bits per heavy atom. The molecule has 1 aliphatic heterocycles. The highest BCUT2D eigenvalue weighted by Gasteiger charge is 2.25. The van der Waals surface area contributed by atoms with E-state index in [0.29, 0.717) is 11.5 Å². The number of nitrogens with zero attached hydrogens (tertiary/aromatic N) is 3. The molecule has 1 atom stereocenters.